The lowest BCUT2D eigenvalue weighted by Crippen LogP contribution is -2.30. The number of ether oxygens (including phenoxy) is 1. The number of amides is 2. The lowest BCUT2D eigenvalue weighted by molar-refractivity contribution is 0.145. The topological polar surface area (TPSA) is 109 Å². The molecule has 0 aliphatic rings. The minimum atomic E-state index is -3.72. The number of thiazole rings is 1. The number of nitrogens with one attached hydrogen (secondary N) is 3. The highest BCUT2D eigenvalue weighted by Crippen LogP contribution is 2.30. The summed E-state index contributed by atoms with van der Waals surface area (Å²) < 4.78 is 33.6. The van der Waals surface area contributed by atoms with Gasteiger partial charge in [-0.1, -0.05) is 29.0 Å². The third-order valence-corrected chi connectivity index (χ3v) is 6.57. The highest BCUT2D eigenvalue weighted by Gasteiger charge is 2.16. The Kier molecular flexibility index (Phi) is 7.24. The molecular formula is C20H24N4O4S2. The van der Waals surface area contributed by atoms with E-state index >= 15 is 0 Å². The van der Waals surface area contributed by atoms with E-state index in [9.17, 15) is 13.2 Å². The molecule has 2 amide bonds. The largest absolute Gasteiger partial charge is 0.382 e. The number of benzene rings is 2. The highest BCUT2D eigenvalue weighted by atomic mass is 32.2. The maximum Gasteiger partial charge on any atom is 0.319 e. The molecule has 0 spiro atoms. The lowest BCUT2D eigenvalue weighted by Gasteiger charge is -2.07. The highest BCUT2D eigenvalue weighted by molar-refractivity contribution is 7.93. The van der Waals surface area contributed by atoms with Gasteiger partial charge in [-0.2, -0.15) is 0 Å². The quantitative estimate of drug-likeness (QED) is 0.429. The summed E-state index contributed by atoms with van der Waals surface area (Å²) in [5, 5.41) is 5.79. The lowest BCUT2D eigenvalue weighted by atomic mass is 10.2. The number of aromatic nitrogens is 1. The molecule has 30 heavy (non-hydrogen) atoms. The maximum absolute atomic E-state index is 12.5. The first-order chi connectivity index (χ1) is 14.4. The summed E-state index contributed by atoms with van der Waals surface area (Å²) in [7, 11) is -3.72. The van der Waals surface area contributed by atoms with Crippen LogP contribution in [0.25, 0.3) is 10.2 Å². The molecule has 0 saturated heterocycles. The third kappa shape index (κ3) is 5.91. The summed E-state index contributed by atoms with van der Waals surface area (Å²) in [5.74, 6) is 0. The van der Waals surface area contributed by atoms with Gasteiger partial charge in [0.05, 0.1) is 15.1 Å². The zero-order chi connectivity index (χ0) is 21.6. The van der Waals surface area contributed by atoms with Gasteiger partial charge in [0.15, 0.2) is 5.13 Å². The summed E-state index contributed by atoms with van der Waals surface area (Å²) in [5.41, 5.74) is 2.22. The molecule has 3 rings (SSSR count). The van der Waals surface area contributed by atoms with E-state index in [0.29, 0.717) is 31.0 Å². The summed E-state index contributed by atoms with van der Waals surface area (Å²) >= 11 is 1.20. The van der Waals surface area contributed by atoms with Gasteiger partial charge in [0.25, 0.3) is 10.0 Å². The van der Waals surface area contributed by atoms with Crippen molar-refractivity contribution in [2.24, 2.45) is 0 Å². The minimum absolute atomic E-state index is 0.177. The van der Waals surface area contributed by atoms with Crippen LogP contribution < -0.4 is 15.4 Å². The first-order valence-electron chi connectivity index (χ1n) is 9.50. The van der Waals surface area contributed by atoms with Crippen LogP contribution in [0.4, 0.5) is 15.6 Å². The number of aryl methyl sites for hydroxylation is 1. The monoisotopic (exact) mass is 448 g/mol. The second-order valence-electron chi connectivity index (χ2n) is 6.55. The molecule has 0 aliphatic carbocycles. The molecule has 10 heteroatoms. The molecule has 0 saturated carbocycles. The average Bonchev–Trinajstić information content (AvgIpc) is 3.09. The number of rotatable bonds is 9. The van der Waals surface area contributed by atoms with Crippen LogP contribution in [0.2, 0.25) is 0 Å². The van der Waals surface area contributed by atoms with Crippen LogP contribution in [0.5, 0.6) is 0 Å². The Morgan fingerprint density at radius 2 is 1.93 bits per heavy atom. The van der Waals surface area contributed by atoms with E-state index in [1.54, 1.807) is 42.5 Å². The Balaban J connectivity index is 1.64. The van der Waals surface area contributed by atoms with Gasteiger partial charge >= 0.3 is 6.03 Å². The van der Waals surface area contributed by atoms with Crippen molar-refractivity contribution in [1.29, 1.82) is 0 Å². The number of nitrogens with zero attached hydrogens (tertiary/aromatic N) is 1. The zero-order valence-electron chi connectivity index (χ0n) is 16.8. The number of anilines is 2. The number of hydrogen-bond acceptors (Lipinski definition) is 6. The molecular weight excluding hydrogens is 424 g/mol. The van der Waals surface area contributed by atoms with Crippen molar-refractivity contribution < 1.29 is 17.9 Å². The van der Waals surface area contributed by atoms with Gasteiger partial charge in [-0.25, -0.2) is 18.2 Å². The van der Waals surface area contributed by atoms with E-state index < -0.39 is 10.0 Å². The van der Waals surface area contributed by atoms with Crippen LogP contribution in [0.15, 0.2) is 47.4 Å². The normalized spacial score (nSPS) is 11.4. The standard InChI is InChI=1S/C20H24N4O4S2/c1-3-28-12-4-11-21-19(25)22-15-7-10-17-18(13-15)29-20(23-17)24-30(26,27)16-8-5-14(2)6-9-16/h5-10,13H,3-4,11-12H2,1-2H3,(H,23,24)(H2,21,22,25). The maximum atomic E-state index is 12.5. The third-order valence-electron chi connectivity index (χ3n) is 4.15. The average molecular weight is 449 g/mol. The molecule has 8 nitrogen and oxygen atoms in total. The molecule has 0 fully saturated rings. The second kappa shape index (κ2) is 9.88. The number of carbonyl (C=O) groups excluding carboxylic acids is 1. The fourth-order valence-electron chi connectivity index (χ4n) is 2.63. The molecule has 3 aromatic rings. The minimum Gasteiger partial charge on any atom is -0.382 e. The number of fused-ring (bicyclic) bond motifs is 1. The first kappa shape index (κ1) is 22.0. The Hall–Kier alpha value is -2.69. The van der Waals surface area contributed by atoms with Gasteiger partial charge in [0.1, 0.15) is 0 Å². The van der Waals surface area contributed by atoms with Crippen LogP contribution in [-0.2, 0) is 14.8 Å². The summed E-state index contributed by atoms with van der Waals surface area (Å²) in [4.78, 5) is 16.5. The molecule has 3 N–H and O–H groups in total. The predicted octanol–water partition coefficient (Wildman–Crippen LogP) is 3.95. The van der Waals surface area contributed by atoms with Crippen molar-refractivity contribution in [3.63, 3.8) is 0 Å². The fourth-order valence-corrected chi connectivity index (χ4v) is 4.77. The van der Waals surface area contributed by atoms with E-state index in [2.05, 4.69) is 20.3 Å². The Labute approximate surface area is 179 Å². The molecule has 0 aliphatic heterocycles. The number of sulfonamides is 1. The van der Waals surface area contributed by atoms with E-state index in [4.69, 9.17) is 4.74 Å². The van der Waals surface area contributed by atoms with Crippen molar-refractivity contribution in [1.82, 2.24) is 10.3 Å². The summed E-state index contributed by atoms with van der Waals surface area (Å²) in [6.45, 7) is 5.59. The van der Waals surface area contributed by atoms with Gasteiger partial charge in [-0.05, 0) is 50.6 Å². The van der Waals surface area contributed by atoms with Crippen molar-refractivity contribution in [3.8, 4) is 0 Å². The Morgan fingerprint density at radius 1 is 1.17 bits per heavy atom. The number of carbonyl (C=O) groups is 1. The Morgan fingerprint density at radius 3 is 2.67 bits per heavy atom. The smallest absolute Gasteiger partial charge is 0.319 e. The van der Waals surface area contributed by atoms with Gasteiger partial charge in [0, 0.05) is 25.4 Å². The number of hydrogen-bond donors (Lipinski definition) is 3. The van der Waals surface area contributed by atoms with Gasteiger partial charge in [-0.3, -0.25) is 4.72 Å². The zero-order valence-corrected chi connectivity index (χ0v) is 18.4. The van der Waals surface area contributed by atoms with E-state index in [0.717, 1.165) is 16.7 Å². The van der Waals surface area contributed by atoms with Crippen molar-refractivity contribution in [3.05, 3.63) is 48.0 Å². The van der Waals surface area contributed by atoms with Crippen LogP contribution in [0.3, 0.4) is 0 Å². The molecule has 160 valence electrons. The molecule has 0 atom stereocenters. The van der Waals surface area contributed by atoms with E-state index in [1.165, 1.54) is 11.3 Å². The van der Waals surface area contributed by atoms with Crippen molar-refractivity contribution in [2.75, 3.05) is 29.8 Å². The van der Waals surface area contributed by atoms with Gasteiger partial charge in [-0.15, -0.1) is 0 Å². The van der Waals surface area contributed by atoms with Crippen LogP contribution in [0.1, 0.15) is 18.9 Å². The molecule has 2 aromatic carbocycles. The predicted molar refractivity (Wildman–Crippen MR) is 120 cm³/mol. The molecule has 0 radical (unpaired) electrons. The molecule has 0 unspecified atom stereocenters. The SMILES string of the molecule is CCOCCCNC(=O)Nc1ccc2nc(NS(=O)(=O)c3ccc(C)cc3)sc2c1. The van der Waals surface area contributed by atoms with E-state index in [1.807, 2.05) is 13.8 Å². The molecule has 0 bridgehead atoms. The second-order valence-corrected chi connectivity index (χ2v) is 9.26. The van der Waals surface area contributed by atoms with Crippen LogP contribution in [-0.4, -0.2) is 39.2 Å². The van der Waals surface area contributed by atoms with Crippen molar-refractivity contribution >= 4 is 48.4 Å². The molecule has 1 aromatic heterocycles. The van der Waals surface area contributed by atoms with Gasteiger partial charge in [0.2, 0.25) is 0 Å². The number of urea groups is 1. The Bertz CT molecular complexity index is 1110. The molecule has 1 heterocycles. The van der Waals surface area contributed by atoms with Gasteiger partial charge < -0.3 is 15.4 Å². The summed E-state index contributed by atoms with van der Waals surface area (Å²) in [6, 6.07) is 11.5. The van der Waals surface area contributed by atoms with Crippen LogP contribution >= 0.6 is 11.3 Å². The first-order valence-corrected chi connectivity index (χ1v) is 11.8. The van der Waals surface area contributed by atoms with Crippen LogP contribution in [0, 0.1) is 6.92 Å². The van der Waals surface area contributed by atoms with Crippen molar-refractivity contribution in [2.45, 2.75) is 25.2 Å². The van der Waals surface area contributed by atoms with E-state index in [-0.39, 0.29) is 16.1 Å². The fraction of sp³-hybridized carbons (Fsp3) is 0.300. The summed E-state index contributed by atoms with van der Waals surface area (Å²) in [6.07, 6.45) is 0.736.